The lowest BCUT2D eigenvalue weighted by Crippen LogP contribution is -2.22. The topological polar surface area (TPSA) is 100 Å². The standard InChI is InChI=1S/C21H23NO7/c1-4-27-18-12-14(10-11-17(18)26-3)20(24)29-13-19(23)22-16-9-7-6-8-15(16)21(25)28-5-2/h6-12H,4-5,13H2,1-3H3,(H,22,23). The Labute approximate surface area is 168 Å². The first-order valence-electron chi connectivity index (χ1n) is 9.04. The zero-order valence-electron chi connectivity index (χ0n) is 16.5. The highest BCUT2D eigenvalue weighted by molar-refractivity contribution is 6.02. The number of carbonyl (C=O) groups excluding carboxylic acids is 3. The Morgan fingerprint density at radius 2 is 1.66 bits per heavy atom. The monoisotopic (exact) mass is 401 g/mol. The van der Waals surface area contributed by atoms with Crippen molar-refractivity contribution in [2.45, 2.75) is 13.8 Å². The lowest BCUT2D eigenvalue weighted by Gasteiger charge is -2.12. The van der Waals surface area contributed by atoms with Crippen molar-refractivity contribution in [2.75, 3.05) is 32.2 Å². The van der Waals surface area contributed by atoms with Crippen molar-refractivity contribution < 1.29 is 33.3 Å². The van der Waals surface area contributed by atoms with Gasteiger partial charge in [0, 0.05) is 0 Å². The molecule has 0 heterocycles. The van der Waals surface area contributed by atoms with Crippen molar-refractivity contribution in [3.05, 3.63) is 53.6 Å². The molecule has 0 fully saturated rings. The number of anilines is 1. The number of ether oxygens (including phenoxy) is 4. The smallest absolute Gasteiger partial charge is 0.340 e. The SMILES string of the molecule is CCOC(=O)c1ccccc1NC(=O)COC(=O)c1ccc(OC)c(OCC)c1. The molecule has 8 heteroatoms. The highest BCUT2D eigenvalue weighted by Crippen LogP contribution is 2.28. The van der Waals surface area contributed by atoms with Crippen molar-refractivity contribution >= 4 is 23.5 Å². The predicted molar refractivity (Wildman–Crippen MR) is 105 cm³/mol. The van der Waals surface area contributed by atoms with Crippen LogP contribution in [-0.4, -0.2) is 44.8 Å². The molecule has 2 aromatic rings. The van der Waals surface area contributed by atoms with Gasteiger partial charge < -0.3 is 24.3 Å². The summed E-state index contributed by atoms with van der Waals surface area (Å²) in [5, 5.41) is 2.54. The maximum absolute atomic E-state index is 12.2. The number of carbonyl (C=O) groups is 3. The van der Waals surface area contributed by atoms with Gasteiger partial charge in [0.15, 0.2) is 18.1 Å². The van der Waals surface area contributed by atoms with Gasteiger partial charge in [-0.05, 0) is 44.2 Å². The summed E-state index contributed by atoms with van der Waals surface area (Å²) in [5.74, 6) is -0.952. The Balaban J connectivity index is 2.00. The number of hydrogen-bond donors (Lipinski definition) is 1. The summed E-state index contributed by atoms with van der Waals surface area (Å²) >= 11 is 0. The number of methoxy groups -OCH3 is 1. The second-order valence-corrected chi connectivity index (χ2v) is 5.69. The zero-order chi connectivity index (χ0) is 21.2. The molecule has 1 amide bonds. The van der Waals surface area contributed by atoms with Crippen LogP contribution in [0.25, 0.3) is 0 Å². The van der Waals surface area contributed by atoms with Crippen LogP contribution in [0, 0.1) is 0 Å². The lowest BCUT2D eigenvalue weighted by molar-refractivity contribution is -0.119. The minimum absolute atomic E-state index is 0.213. The van der Waals surface area contributed by atoms with Crippen LogP contribution < -0.4 is 14.8 Å². The summed E-state index contributed by atoms with van der Waals surface area (Å²) in [6.07, 6.45) is 0. The average molecular weight is 401 g/mol. The van der Waals surface area contributed by atoms with E-state index in [0.29, 0.717) is 18.1 Å². The van der Waals surface area contributed by atoms with Crippen LogP contribution in [0.4, 0.5) is 5.69 Å². The van der Waals surface area contributed by atoms with Crippen LogP contribution in [0.3, 0.4) is 0 Å². The van der Waals surface area contributed by atoms with E-state index in [4.69, 9.17) is 18.9 Å². The molecular formula is C21H23NO7. The number of rotatable bonds is 9. The molecule has 0 bridgehead atoms. The van der Waals surface area contributed by atoms with E-state index in [1.165, 1.54) is 25.3 Å². The molecule has 154 valence electrons. The molecule has 2 rings (SSSR count). The highest BCUT2D eigenvalue weighted by atomic mass is 16.5. The average Bonchev–Trinajstić information content (AvgIpc) is 2.72. The van der Waals surface area contributed by atoms with Crippen molar-refractivity contribution in [3.8, 4) is 11.5 Å². The first kappa shape index (κ1) is 21.7. The van der Waals surface area contributed by atoms with Crippen LogP contribution in [-0.2, 0) is 14.3 Å². The molecule has 0 aliphatic rings. The summed E-state index contributed by atoms with van der Waals surface area (Å²) in [6, 6.07) is 11.0. The van der Waals surface area contributed by atoms with Crippen LogP contribution in [0.1, 0.15) is 34.6 Å². The van der Waals surface area contributed by atoms with Gasteiger partial charge in [-0.15, -0.1) is 0 Å². The van der Waals surface area contributed by atoms with Gasteiger partial charge in [-0.2, -0.15) is 0 Å². The molecule has 0 aliphatic carbocycles. The third-order valence-electron chi connectivity index (χ3n) is 3.73. The van der Waals surface area contributed by atoms with Gasteiger partial charge in [-0.25, -0.2) is 9.59 Å². The molecule has 1 N–H and O–H groups in total. The summed E-state index contributed by atoms with van der Waals surface area (Å²) < 4.78 is 20.6. The summed E-state index contributed by atoms with van der Waals surface area (Å²) in [5.41, 5.74) is 0.703. The third kappa shape index (κ3) is 5.97. The second-order valence-electron chi connectivity index (χ2n) is 5.69. The second kappa shape index (κ2) is 10.7. The van der Waals surface area contributed by atoms with Gasteiger partial charge in [-0.1, -0.05) is 12.1 Å². The van der Waals surface area contributed by atoms with Crippen LogP contribution in [0.15, 0.2) is 42.5 Å². The molecule has 0 aliphatic heterocycles. The number of amides is 1. The summed E-state index contributed by atoms with van der Waals surface area (Å²) in [6.45, 7) is 3.59. The Morgan fingerprint density at radius 1 is 0.897 bits per heavy atom. The summed E-state index contributed by atoms with van der Waals surface area (Å²) in [7, 11) is 1.49. The minimum Gasteiger partial charge on any atom is -0.493 e. The van der Waals surface area contributed by atoms with E-state index in [-0.39, 0.29) is 23.4 Å². The molecule has 0 unspecified atom stereocenters. The Kier molecular flexibility index (Phi) is 8.02. The number of nitrogens with one attached hydrogen (secondary N) is 1. The lowest BCUT2D eigenvalue weighted by atomic mass is 10.2. The number of para-hydroxylation sites is 1. The maximum Gasteiger partial charge on any atom is 0.340 e. The van der Waals surface area contributed by atoms with Crippen molar-refractivity contribution in [3.63, 3.8) is 0 Å². The van der Waals surface area contributed by atoms with E-state index < -0.39 is 24.5 Å². The van der Waals surface area contributed by atoms with E-state index in [9.17, 15) is 14.4 Å². The third-order valence-corrected chi connectivity index (χ3v) is 3.73. The molecule has 0 aromatic heterocycles. The van der Waals surface area contributed by atoms with Crippen molar-refractivity contribution in [2.24, 2.45) is 0 Å². The van der Waals surface area contributed by atoms with E-state index in [2.05, 4.69) is 5.32 Å². The number of hydrogen-bond acceptors (Lipinski definition) is 7. The Bertz CT molecular complexity index is 879. The first-order valence-corrected chi connectivity index (χ1v) is 9.04. The van der Waals surface area contributed by atoms with E-state index >= 15 is 0 Å². The van der Waals surface area contributed by atoms with E-state index in [1.807, 2.05) is 6.92 Å². The van der Waals surface area contributed by atoms with Gasteiger partial charge in [0.05, 0.1) is 37.1 Å². The van der Waals surface area contributed by atoms with Gasteiger partial charge >= 0.3 is 11.9 Å². The minimum atomic E-state index is -0.692. The fraction of sp³-hybridized carbons (Fsp3) is 0.286. The van der Waals surface area contributed by atoms with Gasteiger partial charge in [-0.3, -0.25) is 4.79 Å². The zero-order valence-corrected chi connectivity index (χ0v) is 16.5. The number of esters is 2. The molecule has 0 atom stereocenters. The normalized spacial score (nSPS) is 10.0. The van der Waals surface area contributed by atoms with Crippen LogP contribution in [0.2, 0.25) is 0 Å². The van der Waals surface area contributed by atoms with Crippen LogP contribution in [0.5, 0.6) is 11.5 Å². The molecule has 2 aromatic carbocycles. The Morgan fingerprint density at radius 3 is 2.34 bits per heavy atom. The molecule has 29 heavy (non-hydrogen) atoms. The molecule has 0 spiro atoms. The predicted octanol–water partition coefficient (Wildman–Crippen LogP) is 3.07. The van der Waals surface area contributed by atoms with Crippen LogP contribution >= 0.6 is 0 Å². The van der Waals surface area contributed by atoms with Gasteiger partial charge in [0.1, 0.15) is 0 Å². The largest absolute Gasteiger partial charge is 0.493 e. The highest BCUT2D eigenvalue weighted by Gasteiger charge is 2.16. The van der Waals surface area contributed by atoms with E-state index in [1.54, 1.807) is 31.2 Å². The van der Waals surface area contributed by atoms with Crippen molar-refractivity contribution in [1.82, 2.24) is 0 Å². The first-order chi connectivity index (χ1) is 14.0. The fourth-order valence-corrected chi connectivity index (χ4v) is 2.45. The van der Waals surface area contributed by atoms with Gasteiger partial charge in [0.25, 0.3) is 5.91 Å². The molecule has 8 nitrogen and oxygen atoms in total. The summed E-state index contributed by atoms with van der Waals surface area (Å²) in [4.78, 5) is 36.4. The molecule has 0 saturated carbocycles. The van der Waals surface area contributed by atoms with E-state index in [0.717, 1.165) is 0 Å². The fourth-order valence-electron chi connectivity index (χ4n) is 2.45. The van der Waals surface area contributed by atoms with Gasteiger partial charge in [0.2, 0.25) is 0 Å². The maximum atomic E-state index is 12.2. The molecule has 0 radical (unpaired) electrons. The Hall–Kier alpha value is -3.55. The number of benzene rings is 2. The quantitative estimate of drug-likeness (QED) is 0.645. The van der Waals surface area contributed by atoms with Crippen molar-refractivity contribution in [1.29, 1.82) is 0 Å². The molecular weight excluding hydrogens is 378 g/mol. The molecule has 0 saturated heterocycles.